The van der Waals surface area contributed by atoms with E-state index >= 15 is 0 Å². The minimum Gasteiger partial charge on any atom is -0.469 e. The molecule has 0 atom stereocenters. The van der Waals surface area contributed by atoms with E-state index in [1.165, 1.54) is 43.5 Å². The molecule has 0 saturated heterocycles. The first-order valence-electron chi connectivity index (χ1n) is 8.75. The zero-order valence-electron chi connectivity index (χ0n) is 16.2. The molecule has 0 radical (unpaired) electrons. The Hall–Kier alpha value is -3.06. The Kier molecular flexibility index (Phi) is 5.53. The fraction of sp³-hybridized carbons (Fsp3) is 0.182. The highest BCUT2D eigenvalue weighted by molar-refractivity contribution is 7.90. The summed E-state index contributed by atoms with van der Waals surface area (Å²) in [5.41, 5.74) is 1.69. The first-order valence-corrected chi connectivity index (χ1v) is 10.6. The van der Waals surface area contributed by atoms with Gasteiger partial charge >= 0.3 is 5.97 Å². The van der Waals surface area contributed by atoms with Crippen LogP contribution in [0, 0.1) is 12.7 Å². The monoisotopic (exact) mass is 414 g/mol. The van der Waals surface area contributed by atoms with Crippen LogP contribution in [-0.2, 0) is 25.8 Å². The van der Waals surface area contributed by atoms with Crippen LogP contribution in [0.15, 0.2) is 53.4 Å². The number of carbonyl (C=O) groups excluding carboxylic acids is 2. The molecule has 0 heterocycles. The van der Waals surface area contributed by atoms with Gasteiger partial charge in [-0.1, -0.05) is 12.1 Å². The smallest absolute Gasteiger partial charge is 0.309 e. The van der Waals surface area contributed by atoms with Gasteiger partial charge in [-0.2, -0.15) is 0 Å². The van der Waals surface area contributed by atoms with Crippen LogP contribution in [0.25, 0.3) is 10.8 Å². The molecule has 5 nitrogen and oxygen atoms in total. The molecule has 7 heteroatoms. The third-order valence-corrected chi connectivity index (χ3v) is 5.93. The number of halogens is 1. The molecule has 29 heavy (non-hydrogen) atoms. The number of rotatable bonds is 5. The molecule has 0 spiro atoms. The van der Waals surface area contributed by atoms with Crippen LogP contribution in [0.4, 0.5) is 4.39 Å². The second-order valence-corrected chi connectivity index (χ2v) is 8.80. The lowest BCUT2D eigenvalue weighted by Gasteiger charge is -2.15. The van der Waals surface area contributed by atoms with Crippen molar-refractivity contribution in [1.29, 1.82) is 0 Å². The van der Waals surface area contributed by atoms with E-state index in [1.54, 1.807) is 19.1 Å². The average molecular weight is 414 g/mol. The fourth-order valence-corrected chi connectivity index (χ4v) is 3.86. The zero-order chi connectivity index (χ0) is 21.3. The Balaban J connectivity index is 2.20. The molecule has 0 aliphatic rings. The summed E-state index contributed by atoms with van der Waals surface area (Å²) in [7, 11) is -2.11. The molecule has 0 aliphatic carbocycles. The molecule has 0 bridgehead atoms. The van der Waals surface area contributed by atoms with Crippen LogP contribution in [0.2, 0.25) is 0 Å². The van der Waals surface area contributed by atoms with E-state index in [9.17, 15) is 22.4 Å². The van der Waals surface area contributed by atoms with Crippen molar-refractivity contribution in [2.45, 2.75) is 18.2 Å². The Morgan fingerprint density at radius 1 is 1.03 bits per heavy atom. The summed E-state index contributed by atoms with van der Waals surface area (Å²) < 4.78 is 42.0. The van der Waals surface area contributed by atoms with Gasteiger partial charge < -0.3 is 4.74 Å². The van der Waals surface area contributed by atoms with Crippen molar-refractivity contribution in [3.05, 3.63) is 76.6 Å². The maximum absolute atomic E-state index is 13.9. The molecule has 3 aromatic carbocycles. The number of esters is 1. The van der Waals surface area contributed by atoms with E-state index < -0.39 is 21.6 Å². The third kappa shape index (κ3) is 4.19. The second kappa shape index (κ2) is 7.75. The number of hydrogen-bond acceptors (Lipinski definition) is 5. The maximum atomic E-state index is 13.9. The minimum atomic E-state index is -3.39. The lowest BCUT2D eigenvalue weighted by atomic mass is 9.89. The van der Waals surface area contributed by atoms with Crippen molar-refractivity contribution < 1.29 is 27.1 Å². The van der Waals surface area contributed by atoms with E-state index in [4.69, 9.17) is 4.74 Å². The lowest BCUT2D eigenvalue weighted by Crippen LogP contribution is -2.11. The molecule has 0 amide bonds. The van der Waals surface area contributed by atoms with Crippen molar-refractivity contribution in [2.75, 3.05) is 13.4 Å². The van der Waals surface area contributed by atoms with Crippen LogP contribution < -0.4 is 0 Å². The van der Waals surface area contributed by atoms with Crippen molar-refractivity contribution in [3.8, 4) is 0 Å². The van der Waals surface area contributed by atoms with Crippen LogP contribution in [0.1, 0.15) is 27.0 Å². The number of hydrogen-bond donors (Lipinski definition) is 0. The van der Waals surface area contributed by atoms with Crippen LogP contribution in [-0.4, -0.2) is 33.5 Å². The highest BCUT2D eigenvalue weighted by Gasteiger charge is 2.20. The van der Waals surface area contributed by atoms with Crippen LogP contribution in [0.5, 0.6) is 0 Å². The predicted octanol–water partition coefficient (Wildman–Crippen LogP) is 3.64. The first kappa shape index (κ1) is 20.7. The number of sulfone groups is 1. The largest absolute Gasteiger partial charge is 0.469 e. The molecule has 0 aliphatic heterocycles. The molecule has 3 rings (SSSR count). The molecule has 0 fully saturated rings. The zero-order valence-corrected chi connectivity index (χ0v) is 17.0. The summed E-state index contributed by atoms with van der Waals surface area (Å²) in [6.07, 6.45) is 1.06. The van der Waals surface area contributed by atoms with Gasteiger partial charge in [-0.3, -0.25) is 9.59 Å². The topological polar surface area (TPSA) is 77.5 Å². The van der Waals surface area contributed by atoms with Crippen LogP contribution >= 0.6 is 0 Å². The number of ether oxygens (including phenoxy) is 1. The molecular formula is C22H19FO5S. The van der Waals surface area contributed by atoms with Gasteiger partial charge in [0, 0.05) is 17.4 Å². The molecule has 0 unspecified atom stereocenters. The van der Waals surface area contributed by atoms with Gasteiger partial charge in [0.15, 0.2) is 15.6 Å². The second-order valence-electron chi connectivity index (χ2n) is 6.78. The quantitative estimate of drug-likeness (QED) is 0.471. The van der Waals surface area contributed by atoms with E-state index in [0.717, 1.165) is 6.26 Å². The molecule has 0 aromatic heterocycles. The van der Waals surface area contributed by atoms with Crippen molar-refractivity contribution in [1.82, 2.24) is 0 Å². The molecule has 0 saturated carbocycles. The minimum absolute atomic E-state index is 0.0249. The first-order chi connectivity index (χ1) is 13.6. The number of fused-ring (bicyclic) bond motifs is 1. The van der Waals surface area contributed by atoms with Gasteiger partial charge in [0.2, 0.25) is 0 Å². The van der Waals surface area contributed by atoms with E-state index in [1.807, 2.05) is 0 Å². The fourth-order valence-electron chi connectivity index (χ4n) is 3.23. The normalized spacial score (nSPS) is 11.4. The number of ketones is 1. The Morgan fingerprint density at radius 3 is 2.28 bits per heavy atom. The summed E-state index contributed by atoms with van der Waals surface area (Å²) in [6, 6.07) is 11.4. The van der Waals surface area contributed by atoms with Gasteiger partial charge in [0.25, 0.3) is 0 Å². The van der Waals surface area contributed by atoms with Crippen LogP contribution in [0.3, 0.4) is 0 Å². The SMILES string of the molecule is COC(=O)Cc1cc2ccc(F)cc2c(C(=O)c2ccc(S(C)(=O)=O)cc2)c1C. The average Bonchev–Trinajstić information content (AvgIpc) is 2.68. The summed E-state index contributed by atoms with van der Waals surface area (Å²) in [4.78, 5) is 25.2. The molecule has 0 N–H and O–H groups in total. The molecule has 150 valence electrons. The van der Waals surface area contributed by atoms with E-state index in [0.29, 0.717) is 21.9 Å². The standard InChI is InChI=1S/C22H19FO5S/c1-13-16(11-20(24)28-2)10-15-4-7-17(23)12-19(15)21(13)22(25)14-5-8-18(9-6-14)29(3,26)27/h4-10,12H,11H2,1-3H3. The predicted molar refractivity (Wildman–Crippen MR) is 107 cm³/mol. The highest BCUT2D eigenvalue weighted by atomic mass is 32.2. The summed E-state index contributed by atoms with van der Waals surface area (Å²) in [5, 5.41) is 1.04. The van der Waals surface area contributed by atoms with Gasteiger partial charge in [-0.25, -0.2) is 12.8 Å². The van der Waals surface area contributed by atoms with Crippen molar-refractivity contribution in [2.24, 2.45) is 0 Å². The van der Waals surface area contributed by atoms with Crippen molar-refractivity contribution >= 4 is 32.4 Å². The van der Waals surface area contributed by atoms with Crippen molar-refractivity contribution in [3.63, 3.8) is 0 Å². The molecular weight excluding hydrogens is 395 g/mol. The number of methoxy groups -OCH3 is 1. The number of carbonyl (C=O) groups is 2. The lowest BCUT2D eigenvalue weighted by molar-refractivity contribution is -0.139. The van der Waals surface area contributed by atoms with Gasteiger partial charge in [-0.05, 0) is 65.2 Å². The Morgan fingerprint density at radius 2 is 1.69 bits per heavy atom. The summed E-state index contributed by atoms with van der Waals surface area (Å²) in [5.74, 6) is -1.32. The van der Waals surface area contributed by atoms with Gasteiger partial charge in [-0.15, -0.1) is 0 Å². The third-order valence-electron chi connectivity index (χ3n) is 4.81. The van der Waals surface area contributed by atoms with E-state index in [-0.39, 0.29) is 28.2 Å². The Labute approximate surface area is 168 Å². The maximum Gasteiger partial charge on any atom is 0.309 e. The Bertz CT molecular complexity index is 1230. The van der Waals surface area contributed by atoms with E-state index in [2.05, 4.69) is 0 Å². The summed E-state index contributed by atoms with van der Waals surface area (Å²) in [6.45, 7) is 1.70. The molecule has 3 aromatic rings. The highest BCUT2D eigenvalue weighted by Crippen LogP contribution is 2.29. The number of benzene rings is 3. The van der Waals surface area contributed by atoms with Gasteiger partial charge in [0.1, 0.15) is 5.82 Å². The van der Waals surface area contributed by atoms with Gasteiger partial charge in [0.05, 0.1) is 18.4 Å². The summed E-state index contributed by atoms with van der Waals surface area (Å²) >= 11 is 0.